The fraction of sp³-hybridized carbons (Fsp3) is 0.238. The number of carbonyl (C=O) groups is 1. The first kappa shape index (κ1) is 19.6. The van der Waals surface area contributed by atoms with Crippen LogP contribution in [0.25, 0.3) is 0 Å². The molecule has 2 heterocycles. The van der Waals surface area contributed by atoms with Gasteiger partial charge in [-0.25, -0.2) is 14.4 Å². The quantitative estimate of drug-likeness (QED) is 0.621. The molecular formula is C21H21FN6O2. The number of nitrogens with zero attached hydrogens (tertiary/aromatic N) is 4. The van der Waals surface area contributed by atoms with E-state index in [1.165, 1.54) is 18.5 Å². The van der Waals surface area contributed by atoms with E-state index in [0.29, 0.717) is 41.4 Å². The molecule has 0 saturated carbocycles. The third-order valence-electron chi connectivity index (χ3n) is 4.71. The second kappa shape index (κ2) is 8.73. The lowest BCUT2D eigenvalue weighted by molar-refractivity contribution is 0.0963. The molecule has 1 aliphatic rings. The molecular weight excluding hydrogens is 387 g/mol. The number of nitrogens with one attached hydrogen (secondary N) is 2. The van der Waals surface area contributed by atoms with Gasteiger partial charge in [0, 0.05) is 37.3 Å². The fourth-order valence-corrected chi connectivity index (χ4v) is 3.10. The molecule has 9 heteroatoms. The average molecular weight is 408 g/mol. The smallest absolute Gasteiger partial charge is 0.251 e. The lowest BCUT2D eigenvalue weighted by atomic mass is 10.0. The standard InChI is InChI=1S/C21H21FN6O2/c1-23-19(29)15-3-2-4-17(9-15)26-20-24-13-25-21(27-20)28-10-14(11-28)12-30-18-7-5-16(22)6-8-18/h2-9,13-14H,10-12H2,1H3,(H,23,29)(H,24,25,26,27). The maximum atomic E-state index is 12.9. The fourth-order valence-electron chi connectivity index (χ4n) is 3.10. The number of benzene rings is 2. The minimum absolute atomic E-state index is 0.163. The summed E-state index contributed by atoms with van der Waals surface area (Å²) in [5.74, 6) is 1.53. The normalized spacial score (nSPS) is 13.5. The van der Waals surface area contributed by atoms with Crippen LogP contribution in [0.4, 0.5) is 22.0 Å². The SMILES string of the molecule is CNC(=O)c1cccc(Nc2ncnc(N3CC(COc4ccc(F)cc4)C3)n2)c1. The zero-order chi connectivity index (χ0) is 20.9. The first-order valence-corrected chi connectivity index (χ1v) is 9.52. The number of halogens is 1. The van der Waals surface area contributed by atoms with Crippen LogP contribution in [0.2, 0.25) is 0 Å². The number of carbonyl (C=O) groups excluding carboxylic acids is 1. The molecule has 30 heavy (non-hydrogen) atoms. The van der Waals surface area contributed by atoms with Gasteiger partial charge in [0.1, 0.15) is 17.9 Å². The largest absolute Gasteiger partial charge is 0.493 e. The van der Waals surface area contributed by atoms with Crippen molar-refractivity contribution in [3.8, 4) is 5.75 Å². The van der Waals surface area contributed by atoms with E-state index in [4.69, 9.17) is 4.74 Å². The van der Waals surface area contributed by atoms with Crippen LogP contribution in [0.15, 0.2) is 54.9 Å². The summed E-state index contributed by atoms with van der Waals surface area (Å²) in [6.45, 7) is 2.07. The Morgan fingerprint density at radius 3 is 2.77 bits per heavy atom. The molecule has 1 fully saturated rings. The van der Waals surface area contributed by atoms with Crippen molar-refractivity contribution < 1.29 is 13.9 Å². The van der Waals surface area contributed by atoms with Crippen LogP contribution in [0, 0.1) is 11.7 Å². The predicted octanol–water partition coefficient (Wildman–Crippen LogP) is 2.63. The molecule has 0 radical (unpaired) electrons. The number of hydrogen-bond donors (Lipinski definition) is 2. The van der Waals surface area contributed by atoms with Gasteiger partial charge in [-0.15, -0.1) is 0 Å². The van der Waals surface area contributed by atoms with Crippen molar-refractivity contribution in [2.24, 2.45) is 5.92 Å². The third-order valence-corrected chi connectivity index (χ3v) is 4.71. The molecule has 3 aromatic rings. The molecule has 1 saturated heterocycles. The molecule has 1 amide bonds. The number of anilines is 3. The predicted molar refractivity (Wildman–Crippen MR) is 111 cm³/mol. The molecule has 2 aromatic carbocycles. The van der Waals surface area contributed by atoms with E-state index in [0.717, 1.165) is 13.1 Å². The molecule has 0 bridgehead atoms. The highest BCUT2D eigenvalue weighted by Crippen LogP contribution is 2.23. The van der Waals surface area contributed by atoms with E-state index in [-0.39, 0.29) is 11.7 Å². The van der Waals surface area contributed by atoms with Crippen molar-refractivity contribution in [3.63, 3.8) is 0 Å². The van der Waals surface area contributed by atoms with Crippen molar-refractivity contribution >= 4 is 23.5 Å². The van der Waals surface area contributed by atoms with E-state index in [2.05, 4.69) is 25.6 Å². The topological polar surface area (TPSA) is 92.3 Å². The van der Waals surface area contributed by atoms with Gasteiger partial charge in [0.15, 0.2) is 0 Å². The molecule has 0 aliphatic carbocycles. The highest BCUT2D eigenvalue weighted by Gasteiger charge is 2.29. The van der Waals surface area contributed by atoms with E-state index < -0.39 is 0 Å². The average Bonchev–Trinajstić information content (AvgIpc) is 2.74. The lowest BCUT2D eigenvalue weighted by Crippen LogP contribution is -2.50. The molecule has 154 valence electrons. The molecule has 0 atom stereocenters. The second-order valence-electron chi connectivity index (χ2n) is 6.93. The number of hydrogen-bond acceptors (Lipinski definition) is 7. The van der Waals surface area contributed by atoms with Gasteiger partial charge in [-0.1, -0.05) is 6.07 Å². The van der Waals surface area contributed by atoms with Crippen molar-refractivity contribution in [3.05, 3.63) is 66.2 Å². The minimum atomic E-state index is -0.281. The monoisotopic (exact) mass is 408 g/mol. The van der Waals surface area contributed by atoms with E-state index >= 15 is 0 Å². The van der Waals surface area contributed by atoms with E-state index in [9.17, 15) is 9.18 Å². The van der Waals surface area contributed by atoms with Crippen molar-refractivity contribution in [1.29, 1.82) is 0 Å². The van der Waals surface area contributed by atoms with Gasteiger partial charge in [0.05, 0.1) is 6.61 Å². The first-order chi connectivity index (χ1) is 14.6. The van der Waals surface area contributed by atoms with Crippen molar-refractivity contribution in [1.82, 2.24) is 20.3 Å². The first-order valence-electron chi connectivity index (χ1n) is 9.52. The highest BCUT2D eigenvalue weighted by molar-refractivity contribution is 5.95. The Bertz CT molecular complexity index is 1020. The Morgan fingerprint density at radius 2 is 2.00 bits per heavy atom. The van der Waals surface area contributed by atoms with Crippen LogP contribution in [0.5, 0.6) is 5.75 Å². The number of amides is 1. The molecule has 1 aromatic heterocycles. The Hall–Kier alpha value is -3.75. The minimum Gasteiger partial charge on any atom is -0.493 e. The van der Waals surface area contributed by atoms with Crippen LogP contribution in [0.3, 0.4) is 0 Å². The van der Waals surface area contributed by atoms with E-state index in [1.54, 1.807) is 37.4 Å². The molecule has 0 unspecified atom stereocenters. The van der Waals surface area contributed by atoms with Gasteiger partial charge < -0.3 is 20.3 Å². The summed E-state index contributed by atoms with van der Waals surface area (Å²) in [5.41, 5.74) is 1.26. The van der Waals surface area contributed by atoms with Gasteiger partial charge in [-0.05, 0) is 42.5 Å². The Morgan fingerprint density at radius 1 is 1.20 bits per heavy atom. The molecule has 8 nitrogen and oxygen atoms in total. The zero-order valence-electron chi connectivity index (χ0n) is 16.4. The molecule has 4 rings (SSSR count). The van der Waals surface area contributed by atoms with Crippen LogP contribution >= 0.6 is 0 Å². The maximum absolute atomic E-state index is 12.9. The van der Waals surface area contributed by atoms with Gasteiger partial charge in [-0.2, -0.15) is 4.98 Å². The lowest BCUT2D eigenvalue weighted by Gasteiger charge is -2.38. The number of rotatable bonds is 7. The highest BCUT2D eigenvalue weighted by atomic mass is 19.1. The van der Waals surface area contributed by atoms with Crippen LogP contribution in [0.1, 0.15) is 10.4 Å². The summed E-state index contributed by atoms with van der Waals surface area (Å²) < 4.78 is 18.6. The second-order valence-corrected chi connectivity index (χ2v) is 6.93. The van der Waals surface area contributed by atoms with Crippen molar-refractivity contribution in [2.45, 2.75) is 0 Å². The van der Waals surface area contributed by atoms with Crippen LogP contribution in [-0.4, -0.2) is 47.6 Å². The third kappa shape index (κ3) is 4.62. The summed E-state index contributed by atoms with van der Waals surface area (Å²) in [7, 11) is 1.59. The van der Waals surface area contributed by atoms with Crippen molar-refractivity contribution in [2.75, 3.05) is 37.0 Å². The van der Waals surface area contributed by atoms with Gasteiger partial charge in [0.25, 0.3) is 5.91 Å². The summed E-state index contributed by atoms with van der Waals surface area (Å²) >= 11 is 0. The molecule has 2 N–H and O–H groups in total. The Balaban J connectivity index is 1.32. The Labute approximate surface area is 173 Å². The van der Waals surface area contributed by atoms with Gasteiger partial charge >= 0.3 is 0 Å². The van der Waals surface area contributed by atoms with Gasteiger partial charge in [-0.3, -0.25) is 4.79 Å². The van der Waals surface area contributed by atoms with E-state index in [1.807, 2.05) is 11.0 Å². The summed E-state index contributed by atoms with van der Waals surface area (Å²) in [6, 6.07) is 13.1. The van der Waals surface area contributed by atoms with Crippen LogP contribution < -0.4 is 20.3 Å². The van der Waals surface area contributed by atoms with Gasteiger partial charge in [0.2, 0.25) is 11.9 Å². The summed E-state index contributed by atoms with van der Waals surface area (Å²) in [6.07, 6.45) is 1.45. The summed E-state index contributed by atoms with van der Waals surface area (Å²) in [5, 5.41) is 5.70. The zero-order valence-corrected chi connectivity index (χ0v) is 16.4. The van der Waals surface area contributed by atoms with Crippen LogP contribution in [-0.2, 0) is 0 Å². The number of ether oxygens (including phenoxy) is 1. The Kier molecular flexibility index (Phi) is 5.69. The summed E-state index contributed by atoms with van der Waals surface area (Å²) in [4.78, 5) is 26.7. The molecule has 1 aliphatic heterocycles. The molecule has 0 spiro atoms. The maximum Gasteiger partial charge on any atom is 0.251 e. The number of aromatic nitrogens is 3.